The molecule has 0 aliphatic heterocycles. The summed E-state index contributed by atoms with van der Waals surface area (Å²) in [6.45, 7) is 3.34. The Morgan fingerprint density at radius 2 is 2.27 bits per heavy atom. The Kier molecular flexibility index (Phi) is 3.73. The van der Waals surface area contributed by atoms with Crippen molar-refractivity contribution in [3.63, 3.8) is 0 Å². The number of amides is 1. The average Bonchev–Trinajstić information content (AvgIpc) is 2.60. The summed E-state index contributed by atoms with van der Waals surface area (Å²) in [4.78, 5) is 22.6. The fourth-order valence-corrected chi connectivity index (χ4v) is 1.56. The van der Waals surface area contributed by atoms with Crippen molar-refractivity contribution in [3.8, 4) is 0 Å². The van der Waals surface area contributed by atoms with E-state index in [1.807, 2.05) is 0 Å². The zero-order valence-corrected chi connectivity index (χ0v) is 9.17. The maximum Gasteiger partial charge on any atom is 0.326 e. The number of carbonyl (C=O) groups excluding carboxylic acids is 1. The monoisotopic (exact) mass is 229 g/mol. The van der Waals surface area contributed by atoms with Gasteiger partial charge in [0.2, 0.25) is 0 Å². The molecule has 1 heterocycles. The SMILES string of the molecule is CC[C@H](NC(=O)c1snnc1C)C(=O)O. The molecule has 0 aromatic carbocycles. The number of carboxylic acid groups (broad SMARTS) is 1. The zero-order valence-electron chi connectivity index (χ0n) is 8.35. The molecule has 1 amide bonds. The van der Waals surface area contributed by atoms with Crippen molar-refractivity contribution in [2.75, 3.05) is 0 Å². The summed E-state index contributed by atoms with van der Waals surface area (Å²) in [5, 5.41) is 14.8. The third kappa shape index (κ3) is 2.72. The highest BCUT2D eigenvalue weighted by Crippen LogP contribution is 2.09. The minimum absolute atomic E-state index is 0.340. The van der Waals surface area contributed by atoms with Crippen molar-refractivity contribution >= 4 is 23.4 Å². The lowest BCUT2D eigenvalue weighted by molar-refractivity contribution is -0.139. The molecule has 82 valence electrons. The molecule has 15 heavy (non-hydrogen) atoms. The maximum atomic E-state index is 11.6. The Morgan fingerprint density at radius 1 is 1.60 bits per heavy atom. The molecule has 7 heteroatoms. The van der Waals surface area contributed by atoms with E-state index in [9.17, 15) is 9.59 Å². The van der Waals surface area contributed by atoms with Gasteiger partial charge in [0.05, 0.1) is 5.69 Å². The highest BCUT2D eigenvalue weighted by Gasteiger charge is 2.21. The largest absolute Gasteiger partial charge is 0.480 e. The molecule has 6 nitrogen and oxygen atoms in total. The lowest BCUT2D eigenvalue weighted by Crippen LogP contribution is -2.40. The van der Waals surface area contributed by atoms with E-state index in [-0.39, 0.29) is 0 Å². The number of nitrogens with one attached hydrogen (secondary N) is 1. The summed E-state index contributed by atoms with van der Waals surface area (Å²) >= 11 is 0.956. The van der Waals surface area contributed by atoms with Gasteiger partial charge in [0, 0.05) is 0 Å². The van der Waals surface area contributed by atoms with Crippen LogP contribution in [0.15, 0.2) is 0 Å². The predicted molar refractivity (Wildman–Crippen MR) is 53.8 cm³/mol. The van der Waals surface area contributed by atoms with Crippen LogP contribution in [0.5, 0.6) is 0 Å². The first-order chi connectivity index (χ1) is 7.06. The van der Waals surface area contributed by atoms with E-state index in [4.69, 9.17) is 5.11 Å². The molecule has 0 saturated carbocycles. The summed E-state index contributed by atoms with van der Waals surface area (Å²) in [6, 6.07) is -0.862. The maximum absolute atomic E-state index is 11.6. The van der Waals surface area contributed by atoms with E-state index in [2.05, 4.69) is 14.9 Å². The first-order valence-electron chi connectivity index (χ1n) is 4.38. The summed E-state index contributed by atoms with van der Waals surface area (Å²) < 4.78 is 3.60. The fourth-order valence-electron chi connectivity index (χ4n) is 1.00. The number of nitrogens with zero attached hydrogens (tertiary/aromatic N) is 2. The minimum Gasteiger partial charge on any atom is -0.480 e. The topological polar surface area (TPSA) is 92.2 Å². The van der Waals surface area contributed by atoms with E-state index in [0.29, 0.717) is 17.0 Å². The Balaban J connectivity index is 2.71. The molecule has 0 unspecified atom stereocenters. The van der Waals surface area contributed by atoms with Gasteiger partial charge in [0.25, 0.3) is 5.91 Å². The third-order valence-electron chi connectivity index (χ3n) is 1.87. The molecule has 2 N–H and O–H groups in total. The number of aryl methyl sites for hydroxylation is 1. The Hall–Kier alpha value is -1.50. The number of hydrogen-bond donors (Lipinski definition) is 2. The highest BCUT2D eigenvalue weighted by atomic mass is 32.1. The molecule has 0 aliphatic rings. The molecular weight excluding hydrogens is 218 g/mol. The van der Waals surface area contributed by atoms with Crippen LogP contribution in [0.25, 0.3) is 0 Å². The van der Waals surface area contributed by atoms with Crippen LogP contribution in [0.2, 0.25) is 0 Å². The number of carboxylic acids is 1. The van der Waals surface area contributed by atoms with Gasteiger partial charge in [-0.3, -0.25) is 4.79 Å². The number of rotatable bonds is 4. The van der Waals surface area contributed by atoms with Gasteiger partial charge >= 0.3 is 5.97 Å². The summed E-state index contributed by atoms with van der Waals surface area (Å²) in [6.07, 6.45) is 0.340. The van der Waals surface area contributed by atoms with E-state index >= 15 is 0 Å². The van der Waals surface area contributed by atoms with Gasteiger partial charge in [-0.15, -0.1) is 5.10 Å². The lowest BCUT2D eigenvalue weighted by atomic mass is 10.2. The second kappa shape index (κ2) is 4.83. The first-order valence-corrected chi connectivity index (χ1v) is 5.16. The van der Waals surface area contributed by atoms with Gasteiger partial charge in [-0.1, -0.05) is 11.4 Å². The third-order valence-corrected chi connectivity index (χ3v) is 2.70. The Labute approximate surface area is 90.5 Å². The second-order valence-electron chi connectivity index (χ2n) is 2.96. The molecule has 1 rings (SSSR count). The fraction of sp³-hybridized carbons (Fsp3) is 0.500. The Bertz CT molecular complexity index is 377. The quantitative estimate of drug-likeness (QED) is 0.781. The van der Waals surface area contributed by atoms with Crippen molar-refractivity contribution in [2.24, 2.45) is 0 Å². The average molecular weight is 229 g/mol. The van der Waals surface area contributed by atoms with Crippen LogP contribution in [0, 0.1) is 6.92 Å². The molecule has 0 radical (unpaired) electrons. The molecule has 1 atom stereocenters. The van der Waals surface area contributed by atoms with E-state index in [0.717, 1.165) is 11.5 Å². The lowest BCUT2D eigenvalue weighted by Gasteiger charge is -2.10. The number of carbonyl (C=O) groups is 2. The normalized spacial score (nSPS) is 12.1. The van der Waals surface area contributed by atoms with E-state index in [1.165, 1.54) is 0 Å². The van der Waals surface area contributed by atoms with Crippen molar-refractivity contribution < 1.29 is 14.7 Å². The zero-order chi connectivity index (χ0) is 11.4. The van der Waals surface area contributed by atoms with Gasteiger partial charge in [-0.25, -0.2) is 4.79 Å². The van der Waals surface area contributed by atoms with E-state index in [1.54, 1.807) is 13.8 Å². The Morgan fingerprint density at radius 3 is 2.67 bits per heavy atom. The van der Waals surface area contributed by atoms with Crippen LogP contribution in [0.4, 0.5) is 0 Å². The van der Waals surface area contributed by atoms with Crippen LogP contribution >= 0.6 is 11.5 Å². The molecule has 0 bridgehead atoms. The van der Waals surface area contributed by atoms with Crippen LogP contribution in [0.3, 0.4) is 0 Å². The van der Waals surface area contributed by atoms with Crippen LogP contribution in [-0.4, -0.2) is 32.6 Å². The number of hydrogen-bond acceptors (Lipinski definition) is 5. The first kappa shape index (κ1) is 11.6. The van der Waals surface area contributed by atoms with Crippen LogP contribution in [0.1, 0.15) is 28.7 Å². The van der Waals surface area contributed by atoms with Gasteiger partial charge in [0.1, 0.15) is 10.9 Å². The summed E-state index contributed by atoms with van der Waals surface area (Å²) in [7, 11) is 0. The molecule has 0 fully saturated rings. The predicted octanol–water partition coefficient (Wildman–Crippen LogP) is 0.440. The smallest absolute Gasteiger partial charge is 0.326 e. The molecule has 0 spiro atoms. The van der Waals surface area contributed by atoms with E-state index < -0.39 is 17.9 Å². The van der Waals surface area contributed by atoms with Crippen molar-refractivity contribution in [3.05, 3.63) is 10.6 Å². The van der Waals surface area contributed by atoms with Gasteiger partial charge < -0.3 is 10.4 Å². The standard InChI is InChI=1S/C8H11N3O3S/c1-3-5(8(13)14)9-7(12)6-4(2)10-11-15-6/h5H,3H2,1-2H3,(H,9,12)(H,13,14)/t5-/m0/s1. The van der Waals surface area contributed by atoms with Crippen molar-refractivity contribution in [1.82, 2.24) is 14.9 Å². The van der Waals surface area contributed by atoms with Gasteiger partial charge in [-0.2, -0.15) is 0 Å². The van der Waals surface area contributed by atoms with Crippen LogP contribution in [-0.2, 0) is 4.79 Å². The minimum atomic E-state index is -1.04. The molecule has 0 saturated heterocycles. The molecule has 0 aliphatic carbocycles. The molecule has 1 aromatic heterocycles. The number of aliphatic carboxylic acids is 1. The second-order valence-corrected chi connectivity index (χ2v) is 3.71. The molecule has 1 aromatic rings. The van der Waals surface area contributed by atoms with Crippen molar-refractivity contribution in [2.45, 2.75) is 26.3 Å². The van der Waals surface area contributed by atoms with Crippen LogP contribution < -0.4 is 5.32 Å². The summed E-state index contributed by atoms with van der Waals surface area (Å²) in [5.74, 6) is -1.47. The van der Waals surface area contributed by atoms with Crippen molar-refractivity contribution in [1.29, 1.82) is 0 Å². The van der Waals surface area contributed by atoms with Gasteiger partial charge in [0.15, 0.2) is 0 Å². The summed E-state index contributed by atoms with van der Waals surface area (Å²) in [5.41, 5.74) is 0.512. The highest BCUT2D eigenvalue weighted by molar-refractivity contribution is 7.08. The number of aromatic nitrogens is 2. The molecular formula is C8H11N3O3S. The van der Waals surface area contributed by atoms with Gasteiger partial charge in [-0.05, 0) is 24.9 Å².